The van der Waals surface area contributed by atoms with E-state index in [1.807, 2.05) is 29.3 Å². The van der Waals surface area contributed by atoms with Crippen LogP contribution in [0.2, 0.25) is 0 Å². The third kappa shape index (κ3) is 2.36. The Bertz CT molecular complexity index is 330. The van der Waals surface area contributed by atoms with Crippen molar-refractivity contribution in [2.24, 2.45) is 0 Å². The molecule has 0 N–H and O–H groups in total. The molecule has 2 heteroatoms. The normalized spacial score (nSPS) is 10.9. The molecule has 0 aliphatic carbocycles. The zero-order valence-electron chi connectivity index (χ0n) is 6.22. The van der Waals surface area contributed by atoms with Gasteiger partial charge in [-0.3, -0.25) is 0 Å². The van der Waals surface area contributed by atoms with Gasteiger partial charge in [0.05, 0.1) is 0 Å². The first-order valence-electron chi connectivity index (χ1n) is 3.31. The zero-order valence-corrected chi connectivity index (χ0v) is 9.96. The van der Waals surface area contributed by atoms with Crippen LogP contribution in [0.4, 0.5) is 0 Å². The number of terminal acetylenes is 1. The second-order valence-corrected chi connectivity index (χ2v) is 3.80. The molecule has 0 radical (unpaired) electrons. The van der Waals surface area contributed by atoms with Crippen molar-refractivity contribution >= 4 is 42.1 Å². The van der Waals surface area contributed by atoms with E-state index >= 15 is 0 Å². The number of halogens is 2. The lowest BCUT2D eigenvalue weighted by Crippen LogP contribution is -1.76. The van der Waals surface area contributed by atoms with Crippen molar-refractivity contribution in [1.29, 1.82) is 0 Å². The fourth-order valence-corrected chi connectivity index (χ4v) is 1.41. The molecule has 0 atom stereocenters. The van der Waals surface area contributed by atoms with E-state index in [0.29, 0.717) is 0 Å². The van der Waals surface area contributed by atoms with Gasteiger partial charge < -0.3 is 0 Å². The van der Waals surface area contributed by atoms with E-state index in [2.05, 4.69) is 44.4 Å². The Morgan fingerprint density at radius 2 is 2.00 bits per heavy atom. The van der Waals surface area contributed by atoms with Gasteiger partial charge in [0.1, 0.15) is 0 Å². The summed E-state index contributed by atoms with van der Waals surface area (Å²) in [5, 5.41) is 0. The van der Waals surface area contributed by atoms with E-state index < -0.39 is 0 Å². The monoisotopic (exact) mass is 332 g/mol. The maximum Gasteiger partial charge on any atom is 0.0271 e. The van der Waals surface area contributed by atoms with Gasteiger partial charge >= 0.3 is 0 Å². The Morgan fingerprint density at radius 3 is 2.42 bits per heavy atom. The molecular weight excluding hydrogens is 327 g/mol. The van der Waals surface area contributed by atoms with Crippen molar-refractivity contribution in [2.75, 3.05) is 0 Å². The molecule has 0 unspecified atom stereocenters. The van der Waals surface area contributed by atoms with Crippen molar-refractivity contribution in [2.45, 2.75) is 0 Å². The Labute approximate surface area is 94.3 Å². The first-order chi connectivity index (χ1) is 5.77. The maximum atomic E-state index is 5.23. The highest BCUT2D eigenvalue weighted by Gasteiger charge is 1.94. The van der Waals surface area contributed by atoms with E-state index in [4.69, 9.17) is 6.42 Å². The summed E-state index contributed by atoms with van der Waals surface area (Å²) in [6, 6.07) is 7.89. The molecule has 12 heavy (non-hydrogen) atoms. The summed E-state index contributed by atoms with van der Waals surface area (Å²) in [6.07, 6.45) is 5.23. The fraction of sp³-hybridized carbons (Fsp3) is 0. The van der Waals surface area contributed by atoms with Gasteiger partial charge in [-0.2, -0.15) is 0 Å². The number of hydrogen-bond acceptors (Lipinski definition) is 0. The van der Waals surface area contributed by atoms with Crippen molar-refractivity contribution < 1.29 is 0 Å². The van der Waals surface area contributed by atoms with Crippen LogP contribution in [0.3, 0.4) is 0 Å². The molecule has 0 amide bonds. The predicted octanol–water partition coefficient (Wildman–Crippen LogP) is 3.80. The Hall–Kier alpha value is -0.270. The summed E-state index contributed by atoms with van der Waals surface area (Å²) in [5.74, 6) is 2.58. The van der Waals surface area contributed by atoms with Crippen LogP contribution in [0.5, 0.6) is 0 Å². The maximum absolute atomic E-state index is 5.23. The van der Waals surface area contributed by atoms with Crippen LogP contribution in [-0.2, 0) is 0 Å². The fourth-order valence-electron chi connectivity index (χ4n) is 0.789. The predicted molar refractivity (Wildman–Crippen MR) is 65.3 cm³/mol. The van der Waals surface area contributed by atoms with E-state index in [9.17, 15) is 0 Å². The van der Waals surface area contributed by atoms with Crippen LogP contribution in [0.1, 0.15) is 11.1 Å². The first kappa shape index (κ1) is 9.82. The van der Waals surface area contributed by atoms with Gasteiger partial charge in [-0.15, -0.1) is 6.42 Å². The standard InChI is InChI=1S/C10H6BrI/c1-2-8-3-5-9(6-4-8)10(12)7-11/h1,3-7H/b10-7-. The lowest BCUT2D eigenvalue weighted by Gasteiger charge is -1.97. The molecular formula is C10H6BrI. The van der Waals surface area contributed by atoms with E-state index in [1.54, 1.807) is 0 Å². The quantitative estimate of drug-likeness (QED) is 0.542. The number of rotatable bonds is 1. The van der Waals surface area contributed by atoms with Crippen molar-refractivity contribution in [1.82, 2.24) is 0 Å². The Balaban J connectivity index is 3.02. The van der Waals surface area contributed by atoms with E-state index in [-0.39, 0.29) is 0 Å². The highest BCUT2D eigenvalue weighted by molar-refractivity contribution is 14.1. The molecule has 0 fully saturated rings. The average Bonchev–Trinajstić information content (AvgIpc) is 2.17. The highest BCUT2D eigenvalue weighted by Crippen LogP contribution is 2.22. The smallest absolute Gasteiger partial charge is 0.0271 e. The lowest BCUT2D eigenvalue weighted by atomic mass is 10.1. The second kappa shape index (κ2) is 4.68. The van der Waals surface area contributed by atoms with Gasteiger partial charge in [-0.05, 0) is 45.3 Å². The summed E-state index contributed by atoms with van der Waals surface area (Å²) in [4.78, 5) is 1.89. The van der Waals surface area contributed by atoms with Crippen LogP contribution in [-0.4, -0.2) is 0 Å². The summed E-state index contributed by atoms with van der Waals surface area (Å²) < 4.78 is 1.16. The molecule has 1 aromatic rings. The van der Waals surface area contributed by atoms with Crippen LogP contribution in [0.25, 0.3) is 3.58 Å². The molecule has 0 aliphatic rings. The third-order valence-electron chi connectivity index (χ3n) is 1.42. The Kier molecular flexibility index (Phi) is 3.83. The SMILES string of the molecule is C#Cc1ccc(/C(I)=C/Br)cc1. The molecule has 60 valence electrons. The molecule has 1 aromatic carbocycles. The molecule has 0 spiro atoms. The van der Waals surface area contributed by atoms with Crippen LogP contribution in [0, 0.1) is 12.3 Å². The van der Waals surface area contributed by atoms with Gasteiger partial charge in [0.15, 0.2) is 0 Å². The largest absolute Gasteiger partial charge is 0.115 e. The topological polar surface area (TPSA) is 0 Å². The molecule has 0 bridgehead atoms. The Morgan fingerprint density at radius 1 is 1.42 bits per heavy atom. The third-order valence-corrected chi connectivity index (χ3v) is 3.67. The number of hydrogen-bond donors (Lipinski definition) is 0. The molecule has 0 saturated carbocycles. The van der Waals surface area contributed by atoms with Crippen molar-refractivity contribution in [3.05, 3.63) is 40.4 Å². The van der Waals surface area contributed by atoms with E-state index in [1.165, 1.54) is 5.56 Å². The molecule has 0 heterocycles. The highest BCUT2D eigenvalue weighted by atomic mass is 127. The van der Waals surface area contributed by atoms with E-state index in [0.717, 1.165) is 9.14 Å². The minimum Gasteiger partial charge on any atom is -0.115 e. The van der Waals surface area contributed by atoms with Gasteiger partial charge in [0, 0.05) is 9.14 Å². The first-order valence-corrected chi connectivity index (χ1v) is 5.30. The summed E-state index contributed by atoms with van der Waals surface area (Å²) in [6.45, 7) is 0. The molecule has 0 aromatic heterocycles. The minimum absolute atomic E-state index is 0.914. The molecule has 1 rings (SSSR count). The zero-order chi connectivity index (χ0) is 8.97. The second-order valence-electron chi connectivity index (χ2n) is 2.18. The van der Waals surface area contributed by atoms with Crippen molar-refractivity contribution in [3.8, 4) is 12.3 Å². The number of benzene rings is 1. The lowest BCUT2D eigenvalue weighted by molar-refractivity contribution is 1.61. The van der Waals surface area contributed by atoms with Crippen LogP contribution < -0.4 is 0 Å². The van der Waals surface area contributed by atoms with Gasteiger partial charge in [0.25, 0.3) is 0 Å². The van der Waals surface area contributed by atoms with Crippen LogP contribution in [0.15, 0.2) is 29.3 Å². The summed E-state index contributed by atoms with van der Waals surface area (Å²) in [5.41, 5.74) is 2.09. The van der Waals surface area contributed by atoms with Gasteiger partial charge in [-0.25, -0.2) is 0 Å². The minimum atomic E-state index is 0.914. The van der Waals surface area contributed by atoms with Crippen LogP contribution >= 0.6 is 38.5 Å². The average molecular weight is 333 g/mol. The summed E-state index contributed by atoms with van der Waals surface area (Å²) in [7, 11) is 0. The molecule has 0 nitrogen and oxygen atoms in total. The molecule has 0 saturated heterocycles. The van der Waals surface area contributed by atoms with Crippen molar-refractivity contribution in [3.63, 3.8) is 0 Å². The van der Waals surface area contributed by atoms with Gasteiger partial charge in [-0.1, -0.05) is 34.0 Å². The molecule has 0 aliphatic heterocycles. The summed E-state index contributed by atoms with van der Waals surface area (Å²) >= 11 is 5.53. The van der Waals surface area contributed by atoms with Gasteiger partial charge in [0.2, 0.25) is 0 Å².